The van der Waals surface area contributed by atoms with Crippen molar-refractivity contribution in [3.63, 3.8) is 0 Å². The Balaban J connectivity index is 1.40. The topological polar surface area (TPSA) is 92.8 Å². The largest absolute Gasteiger partial charge is 0.493 e. The van der Waals surface area contributed by atoms with E-state index >= 15 is 0 Å². The molecule has 0 saturated carbocycles. The van der Waals surface area contributed by atoms with Crippen molar-refractivity contribution in [2.24, 2.45) is 0 Å². The Morgan fingerprint density at radius 1 is 1.17 bits per heavy atom. The van der Waals surface area contributed by atoms with E-state index in [9.17, 15) is 9.59 Å². The number of para-hydroxylation sites is 1. The highest BCUT2D eigenvalue weighted by Gasteiger charge is 2.32. The third-order valence-electron chi connectivity index (χ3n) is 4.65. The summed E-state index contributed by atoms with van der Waals surface area (Å²) in [6.45, 7) is 0.377. The number of aromatic nitrogens is 1. The fourth-order valence-electron chi connectivity index (χ4n) is 3.29. The third kappa shape index (κ3) is 3.95. The van der Waals surface area contributed by atoms with Crippen molar-refractivity contribution in [2.45, 2.75) is 12.5 Å². The van der Waals surface area contributed by atoms with Gasteiger partial charge in [0, 0.05) is 24.7 Å². The van der Waals surface area contributed by atoms with Crippen molar-refractivity contribution in [1.29, 1.82) is 0 Å². The number of benzene rings is 2. The quantitative estimate of drug-likeness (QED) is 0.671. The minimum absolute atomic E-state index is 0.0671. The molecule has 2 heterocycles. The van der Waals surface area contributed by atoms with Crippen LogP contribution in [0.5, 0.6) is 11.5 Å². The summed E-state index contributed by atoms with van der Waals surface area (Å²) in [5.74, 6) is 1.07. The number of fused-ring (bicyclic) bond motifs is 1. The second-order valence-electron chi connectivity index (χ2n) is 6.53. The number of carbonyl (C=O) groups is 2. The second-order valence-corrected chi connectivity index (χ2v) is 7.56. The Bertz CT molecular complexity index is 1030. The summed E-state index contributed by atoms with van der Waals surface area (Å²) in [5, 5.41) is 6.12. The van der Waals surface area contributed by atoms with Crippen LogP contribution in [0.3, 0.4) is 0 Å². The van der Waals surface area contributed by atoms with Crippen molar-refractivity contribution in [2.75, 3.05) is 31.0 Å². The van der Waals surface area contributed by atoms with Crippen molar-refractivity contribution in [3.05, 3.63) is 42.5 Å². The summed E-state index contributed by atoms with van der Waals surface area (Å²) < 4.78 is 11.5. The van der Waals surface area contributed by atoms with E-state index in [1.54, 1.807) is 37.3 Å². The van der Waals surface area contributed by atoms with Gasteiger partial charge < -0.3 is 19.7 Å². The first-order valence-corrected chi connectivity index (χ1v) is 9.84. The molecule has 1 aliphatic rings. The standard InChI is InChI=1S/C20H20N4O4S/c1-27-15-8-7-13(10-16(15)28-2)24-11-12(9-18(24)25)21-19(26)23-20-22-14-5-3-4-6-17(14)29-20/h3-8,10,12H,9,11H2,1-2H3,(H2,21,22,23,26). The number of nitrogens with one attached hydrogen (secondary N) is 2. The normalized spacial score (nSPS) is 16.1. The van der Waals surface area contributed by atoms with Crippen LogP contribution in [0.25, 0.3) is 10.2 Å². The highest BCUT2D eigenvalue weighted by molar-refractivity contribution is 7.22. The van der Waals surface area contributed by atoms with E-state index in [0.717, 1.165) is 10.2 Å². The molecular formula is C20H20N4O4S. The number of anilines is 2. The molecule has 29 heavy (non-hydrogen) atoms. The van der Waals surface area contributed by atoms with Crippen LogP contribution in [0, 0.1) is 0 Å². The SMILES string of the molecule is COc1ccc(N2CC(NC(=O)Nc3nc4ccccc4s3)CC2=O)cc1OC. The van der Waals surface area contributed by atoms with E-state index in [4.69, 9.17) is 9.47 Å². The lowest BCUT2D eigenvalue weighted by Gasteiger charge is -2.19. The minimum atomic E-state index is -0.379. The molecule has 1 atom stereocenters. The lowest BCUT2D eigenvalue weighted by Crippen LogP contribution is -2.39. The number of carbonyl (C=O) groups excluding carboxylic acids is 2. The Labute approximate surface area is 171 Å². The number of urea groups is 1. The number of ether oxygens (including phenoxy) is 2. The molecule has 0 spiro atoms. The predicted molar refractivity (Wildman–Crippen MR) is 112 cm³/mol. The van der Waals surface area contributed by atoms with Gasteiger partial charge >= 0.3 is 6.03 Å². The Hall–Kier alpha value is -3.33. The Morgan fingerprint density at radius 2 is 1.97 bits per heavy atom. The van der Waals surface area contributed by atoms with Crippen molar-refractivity contribution in [3.8, 4) is 11.5 Å². The van der Waals surface area contributed by atoms with Crippen LogP contribution in [0.2, 0.25) is 0 Å². The van der Waals surface area contributed by atoms with Crippen LogP contribution in [0.4, 0.5) is 15.6 Å². The number of thiazole rings is 1. The van der Waals surface area contributed by atoms with Crippen LogP contribution in [0.15, 0.2) is 42.5 Å². The van der Waals surface area contributed by atoms with E-state index in [1.165, 1.54) is 11.3 Å². The maximum Gasteiger partial charge on any atom is 0.321 e. The monoisotopic (exact) mass is 412 g/mol. The molecular weight excluding hydrogens is 392 g/mol. The van der Waals surface area contributed by atoms with Gasteiger partial charge in [0.15, 0.2) is 16.6 Å². The second kappa shape index (κ2) is 7.96. The number of nitrogens with zero attached hydrogens (tertiary/aromatic N) is 2. The van der Waals surface area contributed by atoms with Gasteiger partial charge in [-0.3, -0.25) is 10.1 Å². The zero-order valence-electron chi connectivity index (χ0n) is 16.0. The number of amides is 3. The zero-order chi connectivity index (χ0) is 20.4. The molecule has 2 N–H and O–H groups in total. The number of methoxy groups -OCH3 is 2. The van der Waals surface area contributed by atoms with Crippen LogP contribution in [-0.2, 0) is 4.79 Å². The molecule has 2 aromatic carbocycles. The minimum Gasteiger partial charge on any atom is -0.493 e. The van der Waals surface area contributed by atoms with Gasteiger partial charge in [0.2, 0.25) is 5.91 Å². The van der Waals surface area contributed by atoms with Gasteiger partial charge in [-0.05, 0) is 24.3 Å². The van der Waals surface area contributed by atoms with Crippen molar-refractivity contribution >= 4 is 44.3 Å². The molecule has 0 aliphatic carbocycles. The molecule has 1 fully saturated rings. The van der Waals surface area contributed by atoms with Crippen molar-refractivity contribution < 1.29 is 19.1 Å². The molecule has 0 radical (unpaired) electrons. The zero-order valence-corrected chi connectivity index (χ0v) is 16.8. The summed E-state index contributed by atoms with van der Waals surface area (Å²) in [6.07, 6.45) is 0.224. The average Bonchev–Trinajstić information content (AvgIpc) is 3.29. The molecule has 150 valence electrons. The highest BCUT2D eigenvalue weighted by Crippen LogP contribution is 2.33. The van der Waals surface area contributed by atoms with E-state index < -0.39 is 0 Å². The van der Waals surface area contributed by atoms with Gasteiger partial charge in [-0.15, -0.1) is 0 Å². The Kier molecular flexibility index (Phi) is 5.22. The summed E-state index contributed by atoms with van der Waals surface area (Å²) in [4.78, 5) is 30.8. The van der Waals surface area contributed by atoms with Crippen LogP contribution in [-0.4, -0.2) is 43.7 Å². The lowest BCUT2D eigenvalue weighted by atomic mass is 10.2. The Morgan fingerprint density at radius 3 is 2.72 bits per heavy atom. The van der Waals surface area contributed by atoms with Crippen LogP contribution >= 0.6 is 11.3 Å². The third-order valence-corrected chi connectivity index (χ3v) is 5.61. The summed E-state index contributed by atoms with van der Waals surface area (Å²) in [5.41, 5.74) is 1.53. The molecule has 8 nitrogen and oxygen atoms in total. The maximum atomic E-state index is 12.5. The highest BCUT2D eigenvalue weighted by atomic mass is 32.1. The molecule has 3 aromatic rings. The van der Waals surface area contributed by atoms with Gasteiger partial charge in [0.05, 0.1) is 30.5 Å². The van der Waals surface area contributed by atoms with Gasteiger partial charge in [-0.2, -0.15) is 0 Å². The fraction of sp³-hybridized carbons (Fsp3) is 0.250. The van der Waals surface area contributed by atoms with Gasteiger partial charge in [-0.1, -0.05) is 23.5 Å². The van der Waals surface area contributed by atoms with Crippen LogP contribution in [0.1, 0.15) is 6.42 Å². The molecule has 1 unspecified atom stereocenters. The molecule has 1 saturated heterocycles. The first-order chi connectivity index (χ1) is 14.1. The molecule has 3 amide bonds. The maximum absolute atomic E-state index is 12.5. The van der Waals surface area contributed by atoms with Crippen LogP contribution < -0.4 is 25.0 Å². The summed E-state index contributed by atoms with van der Waals surface area (Å²) >= 11 is 1.40. The summed E-state index contributed by atoms with van der Waals surface area (Å²) in [7, 11) is 3.10. The molecule has 1 aliphatic heterocycles. The molecule has 1 aromatic heterocycles. The van der Waals surface area contributed by atoms with Gasteiger partial charge in [-0.25, -0.2) is 9.78 Å². The number of rotatable bonds is 5. The molecule has 9 heteroatoms. The van der Waals surface area contributed by atoms with Gasteiger partial charge in [0.1, 0.15) is 0 Å². The first-order valence-electron chi connectivity index (χ1n) is 9.03. The van der Waals surface area contributed by atoms with Gasteiger partial charge in [0.25, 0.3) is 0 Å². The summed E-state index contributed by atoms with van der Waals surface area (Å²) in [6, 6.07) is 12.3. The number of hydrogen-bond donors (Lipinski definition) is 2. The first kappa shape index (κ1) is 19.0. The smallest absolute Gasteiger partial charge is 0.321 e. The van der Waals surface area contributed by atoms with E-state index in [-0.39, 0.29) is 24.4 Å². The fourth-order valence-corrected chi connectivity index (χ4v) is 4.15. The van der Waals surface area contributed by atoms with E-state index in [0.29, 0.717) is 28.9 Å². The average molecular weight is 412 g/mol. The van der Waals surface area contributed by atoms with Crippen molar-refractivity contribution in [1.82, 2.24) is 10.3 Å². The molecule has 4 rings (SSSR count). The lowest BCUT2D eigenvalue weighted by molar-refractivity contribution is -0.117. The molecule has 0 bridgehead atoms. The van der Waals surface area contributed by atoms with E-state index in [2.05, 4.69) is 15.6 Å². The predicted octanol–water partition coefficient (Wildman–Crippen LogP) is 3.24. The van der Waals surface area contributed by atoms with E-state index in [1.807, 2.05) is 24.3 Å². The number of hydrogen-bond acceptors (Lipinski definition) is 6.